The molecule has 0 aliphatic heterocycles. The fourth-order valence-corrected chi connectivity index (χ4v) is 3.42. The van der Waals surface area contributed by atoms with Crippen LogP contribution in [0.3, 0.4) is 0 Å². The molecule has 0 saturated carbocycles. The summed E-state index contributed by atoms with van der Waals surface area (Å²) in [5, 5.41) is 15.5. The summed E-state index contributed by atoms with van der Waals surface area (Å²) in [5.41, 5.74) is 2.44. The Bertz CT molecular complexity index is 1190. The van der Waals surface area contributed by atoms with Crippen LogP contribution in [0.25, 0.3) is 23.1 Å². The second-order valence-corrected chi connectivity index (χ2v) is 7.44. The van der Waals surface area contributed by atoms with Gasteiger partial charge in [-0.15, -0.1) is 10.2 Å². The van der Waals surface area contributed by atoms with E-state index in [0.717, 1.165) is 11.3 Å². The minimum Gasteiger partial charge on any atom is -0.330 e. The maximum absolute atomic E-state index is 13.1. The molecular formula is C20H17FN6O2S. The van der Waals surface area contributed by atoms with Crippen molar-refractivity contribution < 1.29 is 13.7 Å². The Hall–Kier alpha value is -3.53. The molecule has 0 bridgehead atoms. The number of anilines is 1. The van der Waals surface area contributed by atoms with Crippen molar-refractivity contribution in [1.82, 2.24) is 24.9 Å². The van der Waals surface area contributed by atoms with Gasteiger partial charge in [0.1, 0.15) is 5.82 Å². The highest BCUT2D eigenvalue weighted by Crippen LogP contribution is 2.24. The molecule has 4 rings (SSSR count). The van der Waals surface area contributed by atoms with Gasteiger partial charge in [-0.3, -0.25) is 4.79 Å². The van der Waals surface area contributed by atoms with Gasteiger partial charge in [0, 0.05) is 18.3 Å². The summed E-state index contributed by atoms with van der Waals surface area (Å²) in [6.45, 7) is 1.96. The SMILES string of the molecule is Cc1cccc(NC(=O)CSc2nnc(-c3nc(-c4ccc(F)cc4)no3)n2C)c1. The van der Waals surface area contributed by atoms with Gasteiger partial charge in [0.15, 0.2) is 5.16 Å². The molecule has 2 heterocycles. The molecule has 0 saturated heterocycles. The number of aryl methyl sites for hydroxylation is 1. The lowest BCUT2D eigenvalue weighted by Gasteiger charge is -2.05. The third kappa shape index (κ3) is 4.38. The highest BCUT2D eigenvalue weighted by Gasteiger charge is 2.19. The van der Waals surface area contributed by atoms with Crippen molar-refractivity contribution in [3.8, 4) is 23.1 Å². The Kier molecular flexibility index (Phi) is 5.57. The second kappa shape index (κ2) is 8.46. The van der Waals surface area contributed by atoms with Gasteiger partial charge in [-0.1, -0.05) is 29.1 Å². The van der Waals surface area contributed by atoms with Crippen molar-refractivity contribution >= 4 is 23.4 Å². The summed E-state index contributed by atoms with van der Waals surface area (Å²) in [6, 6.07) is 13.4. The standard InChI is InChI=1S/C20H17FN6O2S/c1-12-4-3-5-15(10-12)22-16(28)11-30-20-25-24-18(27(20)2)19-23-17(26-29-19)13-6-8-14(21)9-7-13/h3-10H,11H2,1-2H3,(H,22,28). The van der Waals surface area contributed by atoms with Crippen LogP contribution >= 0.6 is 11.8 Å². The third-order valence-electron chi connectivity index (χ3n) is 4.19. The minimum atomic E-state index is -0.344. The summed E-state index contributed by atoms with van der Waals surface area (Å²) in [5.74, 6) is 0.554. The molecule has 0 spiro atoms. The van der Waals surface area contributed by atoms with E-state index in [1.54, 1.807) is 23.7 Å². The molecule has 0 atom stereocenters. The Morgan fingerprint density at radius 1 is 1.20 bits per heavy atom. The normalized spacial score (nSPS) is 10.9. The summed E-state index contributed by atoms with van der Waals surface area (Å²) in [7, 11) is 1.75. The van der Waals surface area contributed by atoms with E-state index in [2.05, 4.69) is 25.7 Å². The van der Waals surface area contributed by atoms with E-state index in [9.17, 15) is 9.18 Å². The Labute approximate surface area is 175 Å². The van der Waals surface area contributed by atoms with Crippen LogP contribution in [0.1, 0.15) is 5.56 Å². The smallest absolute Gasteiger partial charge is 0.296 e. The first-order valence-electron chi connectivity index (χ1n) is 8.98. The van der Waals surface area contributed by atoms with E-state index in [0.29, 0.717) is 22.4 Å². The quantitative estimate of drug-likeness (QED) is 0.471. The zero-order valence-corrected chi connectivity index (χ0v) is 17.0. The number of thioether (sulfide) groups is 1. The topological polar surface area (TPSA) is 98.7 Å². The van der Waals surface area contributed by atoms with E-state index < -0.39 is 0 Å². The molecule has 1 amide bonds. The number of halogens is 1. The summed E-state index contributed by atoms with van der Waals surface area (Å²) < 4.78 is 20.0. The summed E-state index contributed by atoms with van der Waals surface area (Å²) in [6.07, 6.45) is 0. The molecule has 0 fully saturated rings. The molecule has 0 aliphatic carbocycles. The fraction of sp³-hybridized carbons (Fsp3) is 0.150. The summed E-state index contributed by atoms with van der Waals surface area (Å²) >= 11 is 1.24. The van der Waals surface area contributed by atoms with E-state index in [-0.39, 0.29) is 23.4 Å². The fourth-order valence-electron chi connectivity index (χ4n) is 2.71. The number of nitrogens with zero attached hydrogens (tertiary/aromatic N) is 5. The van der Waals surface area contributed by atoms with E-state index in [1.165, 1.54) is 23.9 Å². The maximum atomic E-state index is 13.1. The van der Waals surface area contributed by atoms with E-state index in [1.807, 2.05) is 31.2 Å². The Balaban J connectivity index is 1.42. The molecule has 152 valence electrons. The molecule has 0 unspecified atom stereocenters. The van der Waals surface area contributed by atoms with Gasteiger partial charge in [-0.2, -0.15) is 4.98 Å². The molecule has 2 aromatic carbocycles. The molecule has 10 heteroatoms. The molecule has 0 aliphatic rings. The zero-order chi connectivity index (χ0) is 21.1. The number of carbonyl (C=O) groups is 1. The number of rotatable bonds is 6. The average molecular weight is 424 g/mol. The molecule has 1 N–H and O–H groups in total. The molecule has 4 aromatic rings. The van der Waals surface area contributed by atoms with Crippen molar-refractivity contribution in [2.45, 2.75) is 12.1 Å². The van der Waals surface area contributed by atoms with Crippen molar-refractivity contribution in [3.63, 3.8) is 0 Å². The molecule has 2 aromatic heterocycles. The van der Waals surface area contributed by atoms with Gasteiger partial charge >= 0.3 is 0 Å². The number of carbonyl (C=O) groups excluding carboxylic acids is 1. The lowest BCUT2D eigenvalue weighted by Crippen LogP contribution is -2.14. The third-order valence-corrected chi connectivity index (χ3v) is 5.21. The van der Waals surface area contributed by atoms with Gasteiger partial charge in [0.2, 0.25) is 17.6 Å². The van der Waals surface area contributed by atoms with Crippen molar-refractivity contribution in [3.05, 3.63) is 59.9 Å². The van der Waals surface area contributed by atoms with E-state index in [4.69, 9.17) is 4.52 Å². The highest BCUT2D eigenvalue weighted by molar-refractivity contribution is 7.99. The Morgan fingerprint density at radius 3 is 2.77 bits per heavy atom. The molecular weight excluding hydrogens is 407 g/mol. The van der Waals surface area contributed by atoms with Crippen LogP contribution in [-0.4, -0.2) is 36.6 Å². The number of hydrogen-bond acceptors (Lipinski definition) is 7. The van der Waals surface area contributed by atoms with Crippen LogP contribution in [-0.2, 0) is 11.8 Å². The van der Waals surface area contributed by atoms with E-state index >= 15 is 0 Å². The van der Waals surface area contributed by atoms with Crippen LogP contribution < -0.4 is 5.32 Å². The minimum absolute atomic E-state index is 0.147. The van der Waals surface area contributed by atoms with Crippen molar-refractivity contribution in [1.29, 1.82) is 0 Å². The number of hydrogen-bond donors (Lipinski definition) is 1. The van der Waals surface area contributed by atoms with Gasteiger partial charge in [-0.05, 0) is 48.9 Å². The predicted octanol–water partition coefficient (Wildman–Crippen LogP) is 3.71. The van der Waals surface area contributed by atoms with Crippen LogP contribution in [0.15, 0.2) is 58.2 Å². The molecule has 8 nitrogen and oxygen atoms in total. The van der Waals surface area contributed by atoms with Crippen LogP contribution in [0, 0.1) is 12.7 Å². The molecule has 30 heavy (non-hydrogen) atoms. The predicted molar refractivity (Wildman–Crippen MR) is 110 cm³/mol. The van der Waals surface area contributed by atoms with Crippen molar-refractivity contribution in [2.24, 2.45) is 7.05 Å². The Morgan fingerprint density at radius 2 is 2.00 bits per heavy atom. The lowest BCUT2D eigenvalue weighted by atomic mass is 10.2. The molecule has 0 radical (unpaired) electrons. The van der Waals surface area contributed by atoms with Gasteiger partial charge in [-0.25, -0.2) is 4.39 Å². The average Bonchev–Trinajstić information content (AvgIpc) is 3.34. The van der Waals surface area contributed by atoms with Crippen LogP contribution in [0.5, 0.6) is 0 Å². The first-order chi connectivity index (χ1) is 14.5. The second-order valence-electron chi connectivity index (χ2n) is 6.50. The van der Waals surface area contributed by atoms with Crippen LogP contribution in [0.4, 0.5) is 10.1 Å². The zero-order valence-electron chi connectivity index (χ0n) is 16.2. The first kappa shape index (κ1) is 19.8. The number of amides is 1. The summed E-state index contributed by atoms with van der Waals surface area (Å²) in [4.78, 5) is 16.5. The maximum Gasteiger partial charge on any atom is 0.296 e. The number of benzene rings is 2. The van der Waals surface area contributed by atoms with Gasteiger partial charge in [0.05, 0.1) is 5.75 Å². The lowest BCUT2D eigenvalue weighted by molar-refractivity contribution is -0.113. The highest BCUT2D eigenvalue weighted by atomic mass is 32.2. The number of nitrogens with one attached hydrogen (secondary N) is 1. The number of aromatic nitrogens is 5. The van der Waals surface area contributed by atoms with Crippen molar-refractivity contribution in [2.75, 3.05) is 11.1 Å². The van der Waals surface area contributed by atoms with Gasteiger partial charge < -0.3 is 14.4 Å². The monoisotopic (exact) mass is 424 g/mol. The first-order valence-corrected chi connectivity index (χ1v) is 9.97. The largest absolute Gasteiger partial charge is 0.330 e. The van der Waals surface area contributed by atoms with Crippen LogP contribution in [0.2, 0.25) is 0 Å². The van der Waals surface area contributed by atoms with Gasteiger partial charge in [0.25, 0.3) is 5.89 Å².